The van der Waals surface area contributed by atoms with Crippen LogP contribution in [-0.4, -0.2) is 36.8 Å². The number of thiazole rings is 1. The van der Waals surface area contributed by atoms with Gasteiger partial charge in [-0.3, -0.25) is 0 Å². The van der Waals surface area contributed by atoms with Crippen LogP contribution in [0.3, 0.4) is 0 Å². The van der Waals surface area contributed by atoms with E-state index in [0.717, 1.165) is 49.3 Å². The molecule has 1 saturated heterocycles. The molecule has 1 aromatic heterocycles. The van der Waals surface area contributed by atoms with Crippen molar-refractivity contribution in [2.45, 2.75) is 65.3 Å². The molecule has 30 heavy (non-hydrogen) atoms. The summed E-state index contributed by atoms with van der Waals surface area (Å²) in [5.74, 6) is 1.27. The van der Waals surface area contributed by atoms with Crippen LogP contribution in [0.4, 0.5) is 0 Å². The lowest BCUT2D eigenvalue weighted by molar-refractivity contribution is -0.0390. The molecule has 0 amide bonds. The van der Waals surface area contributed by atoms with Crippen molar-refractivity contribution in [3.63, 3.8) is 0 Å². The molecule has 0 bridgehead atoms. The molecule has 7 heteroatoms. The molecule has 0 atom stereocenters. The summed E-state index contributed by atoms with van der Waals surface area (Å²) in [6, 6.07) is 8.49. The van der Waals surface area contributed by atoms with Gasteiger partial charge in [0.1, 0.15) is 5.01 Å². The van der Waals surface area contributed by atoms with Crippen molar-refractivity contribution >= 4 is 17.3 Å². The monoisotopic (exact) mass is 430 g/mol. The van der Waals surface area contributed by atoms with Gasteiger partial charge in [-0.25, -0.2) is 9.98 Å². The minimum absolute atomic E-state index is 0.312. The van der Waals surface area contributed by atoms with Crippen molar-refractivity contribution in [1.29, 1.82) is 0 Å². The molecular weight excluding hydrogens is 396 g/mol. The van der Waals surface area contributed by atoms with Crippen LogP contribution in [0.1, 0.15) is 61.4 Å². The molecule has 1 aliphatic rings. The largest absolute Gasteiger partial charge is 0.381 e. The molecule has 2 N–H and O–H groups in total. The van der Waals surface area contributed by atoms with Gasteiger partial charge in [-0.2, -0.15) is 0 Å². The molecule has 164 valence electrons. The van der Waals surface area contributed by atoms with Crippen molar-refractivity contribution in [2.75, 3.05) is 19.8 Å². The lowest BCUT2D eigenvalue weighted by Gasteiger charge is -2.22. The molecule has 1 aromatic carbocycles. The second-order valence-corrected chi connectivity index (χ2v) is 8.75. The van der Waals surface area contributed by atoms with E-state index in [1.807, 2.05) is 0 Å². The zero-order valence-electron chi connectivity index (χ0n) is 18.3. The van der Waals surface area contributed by atoms with E-state index < -0.39 is 0 Å². The predicted molar refractivity (Wildman–Crippen MR) is 123 cm³/mol. The molecule has 0 radical (unpaired) electrons. The second-order valence-electron chi connectivity index (χ2n) is 7.81. The lowest BCUT2D eigenvalue weighted by Crippen LogP contribution is -2.36. The Hall–Kier alpha value is -1.96. The molecule has 1 fully saturated rings. The summed E-state index contributed by atoms with van der Waals surface area (Å²) in [5, 5.41) is 9.93. The first kappa shape index (κ1) is 22.7. The number of aromatic nitrogens is 1. The fourth-order valence-corrected chi connectivity index (χ4v) is 4.11. The average Bonchev–Trinajstić information content (AvgIpc) is 3.25. The standard InChI is InChI=1S/C23H34N4O2S/c1-4-24-23(26-14-22-27-21(16-30-22)17(2)3)25-13-18-6-5-7-19(12-18)15-29-20-8-10-28-11-9-20/h5-7,12,16-17,20H,4,8-11,13-15H2,1-3H3,(H2,24,25,26). The van der Waals surface area contributed by atoms with Crippen LogP contribution in [0.25, 0.3) is 0 Å². The van der Waals surface area contributed by atoms with Crippen LogP contribution >= 0.6 is 11.3 Å². The third kappa shape index (κ3) is 7.38. The van der Waals surface area contributed by atoms with E-state index >= 15 is 0 Å². The molecule has 2 aromatic rings. The number of nitrogens with one attached hydrogen (secondary N) is 2. The molecule has 2 heterocycles. The van der Waals surface area contributed by atoms with Crippen LogP contribution in [0.5, 0.6) is 0 Å². The van der Waals surface area contributed by atoms with Crippen molar-refractivity contribution in [3.8, 4) is 0 Å². The quantitative estimate of drug-likeness (QED) is 0.461. The van der Waals surface area contributed by atoms with Gasteiger partial charge < -0.3 is 20.1 Å². The van der Waals surface area contributed by atoms with Crippen molar-refractivity contribution in [2.24, 2.45) is 4.99 Å². The zero-order chi connectivity index (χ0) is 21.2. The number of rotatable bonds is 9. The second kappa shape index (κ2) is 12.0. The van der Waals surface area contributed by atoms with Crippen LogP contribution < -0.4 is 10.6 Å². The summed E-state index contributed by atoms with van der Waals surface area (Å²) in [7, 11) is 0. The third-order valence-corrected chi connectivity index (χ3v) is 5.84. The van der Waals surface area contributed by atoms with Crippen LogP contribution in [0, 0.1) is 0 Å². The van der Waals surface area contributed by atoms with Gasteiger partial charge in [0.05, 0.1) is 31.5 Å². The van der Waals surface area contributed by atoms with Gasteiger partial charge in [0.15, 0.2) is 5.96 Å². The number of hydrogen-bond donors (Lipinski definition) is 2. The molecule has 3 rings (SSSR count). The smallest absolute Gasteiger partial charge is 0.191 e. The Balaban J connectivity index is 1.52. The fourth-order valence-electron chi connectivity index (χ4n) is 3.22. The number of nitrogens with zero attached hydrogens (tertiary/aromatic N) is 2. The Labute approximate surface area is 184 Å². The number of guanidine groups is 1. The van der Waals surface area contributed by atoms with Gasteiger partial charge in [0, 0.05) is 25.1 Å². The van der Waals surface area contributed by atoms with E-state index in [-0.39, 0.29) is 0 Å². The van der Waals surface area contributed by atoms with Crippen molar-refractivity contribution in [3.05, 3.63) is 51.5 Å². The number of aliphatic imine (C=N–C) groups is 1. The Morgan fingerprint density at radius 3 is 2.80 bits per heavy atom. The fraction of sp³-hybridized carbons (Fsp3) is 0.565. The first-order valence-corrected chi connectivity index (χ1v) is 11.8. The molecule has 0 spiro atoms. The lowest BCUT2D eigenvalue weighted by atomic mass is 10.1. The first-order valence-electron chi connectivity index (χ1n) is 10.9. The zero-order valence-corrected chi connectivity index (χ0v) is 19.1. The van der Waals surface area contributed by atoms with E-state index in [9.17, 15) is 0 Å². The van der Waals surface area contributed by atoms with E-state index in [2.05, 4.69) is 66.0 Å². The van der Waals surface area contributed by atoms with Crippen LogP contribution in [0.2, 0.25) is 0 Å². The average molecular weight is 431 g/mol. The maximum atomic E-state index is 6.05. The molecule has 0 aliphatic carbocycles. The minimum Gasteiger partial charge on any atom is -0.381 e. The number of benzene rings is 1. The summed E-state index contributed by atoms with van der Waals surface area (Å²) in [6.07, 6.45) is 2.28. The maximum Gasteiger partial charge on any atom is 0.191 e. The van der Waals surface area contributed by atoms with Crippen molar-refractivity contribution in [1.82, 2.24) is 15.6 Å². The van der Waals surface area contributed by atoms with Crippen LogP contribution in [0.15, 0.2) is 34.6 Å². The Bertz CT molecular complexity index is 800. The maximum absolute atomic E-state index is 6.05. The Kier molecular flexibility index (Phi) is 9.11. The molecule has 0 unspecified atom stereocenters. The van der Waals surface area contributed by atoms with Gasteiger partial charge in [-0.15, -0.1) is 11.3 Å². The third-order valence-electron chi connectivity index (χ3n) is 4.98. The predicted octanol–water partition coefficient (Wildman–Crippen LogP) is 4.22. The normalized spacial score (nSPS) is 15.5. The van der Waals surface area contributed by atoms with Gasteiger partial charge in [-0.05, 0) is 36.8 Å². The summed E-state index contributed by atoms with van der Waals surface area (Å²) in [6.45, 7) is 10.8. The number of ether oxygens (including phenoxy) is 2. The highest BCUT2D eigenvalue weighted by molar-refractivity contribution is 7.09. The summed E-state index contributed by atoms with van der Waals surface area (Å²) >= 11 is 1.69. The topological polar surface area (TPSA) is 67.8 Å². The SMILES string of the molecule is CCNC(=NCc1cccc(COC2CCOCC2)c1)NCc1nc(C(C)C)cs1. The Morgan fingerprint density at radius 2 is 2.07 bits per heavy atom. The highest BCUT2D eigenvalue weighted by atomic mass is 32.1. The summed E-state index contributed by atoms with van der Waals surface area (Å²) in [4.78, 5) is 9.43. The van der Waals surface area contributed by atoms with Crippen molar-refractivity contribution < 1.29 is 9.47 Å². The highest BCUT2D eigenvalue weighted by Gasteiger charge is 2.14. The highest BCUT2D eigenvalue weighted by Crippen LogP contribution is 2.17. The van der Waals surface area contributed by atoms with Gasteiger partial charge in [0.25, 0.3) is 0 Å². The minimum atomic E-state index is 0.312. The summed E-state index contributed by atoms with van der Waals surface area (Å²) in [5.41, 5.74) is 3.52. The Morgan fingerprint density at radius 1 is 1.27 bits per heavy atom. The summed E-state index contributed by atoms with van der Waals surface area (Å²) < 4.78 is 11.4. The van der Waals surface area contributed by atoms with E-state index in [1.165, 1.54) is 11.1 Å². The molecule has 0 saturated carbocycles. The van der Waals surface area contributed by atoms with Gasteiger partial charge in [0.2, 0.25) is 0 Å². The molecule has 6 nitrogen and oxygen atoms in total. The van der Waals surface area contributed by atoms with E-state index in [0.29, 0.717) is 31.7 Å². The number of hydrogen-bond acceptors (Lipinski definition) is 5. The van der Waals surface area contributed by atoms with Gasteiger partial charge >= 0.3 is 0 Å². The molecular formula is C23H34N4O2S. The molecule has 1 aliphatic heterocycles. The van der Waals surface area contributed by atoms with E-state index in [1.54, 1.807) is 11.3 Å². The van der Waals surface area contributed by atoms with Crippen LogP contribution in [-0.2, 0) is 29.2 Å². The van der Waals surface area contributed by atoms with E-state index in [4.69, 9.17) is 14.5 Å². The first-order chi connectivity index (χ1) is 14.6. The van der Waals surface area contributed by atoms with Gasteiger partial charge in [-0.1, -0.05) is 38.1 Å².